The van der Waals surface area contributed by atoms with Crippen molar-refractivity contribution in [1.29, 1.82) is 0 Å². The second-order valence-electron chi connectivity index (χ2n) is 8.05. The molecule has 1 aromatic carbocycles. The molecule has 0 bridgehead atoms. The van der Waals surface area contributed by atoms with Crippen molar-refractivity contribution in [2.45, 2.75) is 38.5 Å². The first kappa shape index (κ1) is 17.2. The highest BCUT2D eigenvalue weighted by Gasteiger charge is 2.21. The lowest BCUT2D eigenvalue weighted by Crippen LogP contribution is -2.17. The van der Waals surface area contributed by atoms with Crippen LogP contribution in [-0.2, 0) is 17.6 Å². The van der Waals surface area contributed by atoms with Crippen molar-refractivity contribution >= 4 is 28.8 Å². The molecule has 1 fully saturated rings. The van der Waals surface area contributed by atoms with Crippen LogP contribution in [-0.4, -0.2) is 34.0 Å². The molecular formula is C22H25N5O. The van der Waals surface area contributed by atoms with Crippen molar-refractivity contribution in [2.75, 3.05) is 23.8 Å². The minimum Gasteiger partial charge on any atom is -0.374 e. The number of carbonyl (C=O) groups is 1. The third-order valence-electron chi connectivity index (χ3n) is 6.07. The third kappa shape index (κ3) is 3.23. The predicted octanol–water partition coefficient (Wildman–Crippen LogP) is 3.77. The Labute approximate surface area is 164 Å². The summed E-state index contributed by atoms with van der Waals surface area (Å²) in [4.78, 5) is 18.4. The number of hydrogen-bond donors (Lipinski definition) is 1. The SMILES string of the molecule is CN1CCc2ccc(Nc3nc4cccc(CC5CCC(=O)CC5)n4n3)cc21. The van der Waals surface area contributed by atoms with Crippen LogP contribution >= 0.6 is 0 Å². The number of nitrogens with zero attached hydrogens (tertiary/aromatic N) is 4. The van der Waals surface area contributed by atoms with Crippen molar-refractivity contribution in [2.24, 2.45) is 5.92 Å². The molecule has 2 aromatic heterocycles. The van der Waals surface area contributed by atoms with Gasteiger partial charge in [0.25, 0.3) is 0 Å². The van der Waals surface area contributed by atoms with E-state index in [-0.39, 0.29) is 0 Å². The normalized spacial score (nSPS) is 17.3. The average Bonchev–Trinajstić information content (AvgIpc) is 3.28. The molecule has 0 saturated heterocycles. The van der Waals surface area contributed by atoms with Crippen LogP contribution in [0.1, 0.15) is 36.9 Å². The predicted molar refractivity (Wildman–Crippen MR) is 110 cm³/mol. The van der Waals surface area contributed by atoms with Crippen LogP contribution in [0.15, 0.2) is 36.4 Å². The Morgan fingerprint density at radius 3 is 2.86 bits per heavy atom. The smallest absolute Gasteiger partial charge is 0.247 e. The summed E-state index contributed by atoms with van der Waals surface area (Å²) < 4.78 is 1.94. The first-order chi connectivity index (χ1) is 13.7. The molecule has 1 aliphatic heterocycles. The summed E-state index contributed by atoms with van der Waals surface area (Å²) in [6.07, 6.45) is 5.45. The van der Waals surface area contributed by atoms with E-state index in [1.807, 2.05) is 16.6 Å². The number of hydrogen-bond acceptors (Lipinski definition) is 5. The molecule has 6 nitrogen and oxygen atoms in total. The van der Waals surface area contributed by atoms with E-state index in [0.717, 1.165) is 62.1 Å². The Morgan fingerprint density at radius 1 is 1.14 bits per heavy atom. The standard InChI is InChI=1S/C22H25N5O/c1-26-12-11-16-7-8-17(14-20(16)26)23-22-24-21-4-2-3-18(27(21)25-22)13-15-5-9-19(28)10-6-15/h2-4,7-8,14-15H,5-6,9-13H2,1H3,(H,23,25). The fraction of sp³-hybridized carbons (Fsp3) is 0.409. The van der Waals surface area contributed by atoms with Crippen molar-refractivity contribution in [1.82, 2.24) is 14.6 Å². The van der Waals surface area contributed by atoms with Crippen LogP contribution in [0, 0.1) is 5.92 Å². The number of anilines is 3. The van der Waals surface area contributed by atoms with Gasteiger partial charge in [0.2, 0.25) is 5.95 Å². The zero-order chi connectivity index (χ0) is 19.1. The van der Waals surface area contributed by atoms with Crippen LogP contribution < -0.4 is 10.2 Å². The van der Waals surface area contributed by atoms with Gasteiger partial charge in [-0.2, -0.15) is 4.98 Å². The van der Waals surface area contributed by atoms with E-state index in [0.29, 0.717) is 17.6 Å². The molecule has 0 unspecified atom stereocenters. The summed E-state index contributed by atoms with van der Waals surface area (Å²) >= 11 is 0. The largest absolute Gasteiger partial charge is 0.374 e. The van der Waals surface area contributed by atoms with Crippen LogP contribution in [0.3, 0.4) is 0 Å². The molecule has 0 spiro atoms. The first-order valence-electron chi connectivity index (χ1n) is 10.1. The molecule has 1 N–H and O–H groups in total. The number of Topliss-reactive ketones (excluding diaryl/α,β-unsaturated/α-hetero) is 1. The fourth-order valence-corrected chi connectivity index (χ4v) is 4.41. The average molecular weight is 375 g/mol. The Morgan fingerprint density at radius 2 is 2.00 bits per heavy atom. The lowest BCUT2D eigenvalue weighted by atomic mass is 9.85. The van der Waals surface area contributed by atoms with Crippen molar-refractivity contribution in [3.63, 3.8) is 0 Å². The second-order valence-corrected chi connectivity index (χ2v) is 8.05. The highest BCUT2D eigenvalue weighted by molar-refractivity contribution is 5.79. The summed E-state index contributed by atoms with van der Waals surface area (Å²) in [6.45, 7) is 1.07. The van der Waals surface area contributed by atoms with Gasteiger partial charge in [0, 0.05) is 43.5 Å². The maximum atomic E-state index is 11.5. The van der Waals surface area contributed by atoms with Gasteiger partial charge in [0.15, 0.2) is 5.65 Å². The molecule has 1 aliphatic carbocycles. The molecule has 144 valence electrons. The van der Waals surface area contributed by atoms with Crippen molar-refractivity contribution < 1.29 is 4.79 Å². The van der Waals surface area contributed by atoms with E-state index in [2.05, 4.69) is 46.5 Å². The van der Waals surface area contributed by atoms with Crippen LogP contribution in [0.2, 0.25) is 0 Å². The first-order valence-corrected chi connectivity index (χ1v) is 10.1. The maximum Gasteiger partial charge on any atom is 0.247 e. The van der Waals surface area contributed by atoms with Crippen LogP contribution in [0.25, 0.3) is 5.65 Å². The lowest BCUT2D eigenvalue weighted by Gasteiger charge is -2.20. The molecular weight excluding hydrogens is 350 g/mol. The van der Waals surface area contributed by atoms with E-state index in [1.165, 1.54) is 11.3 Å². The summed E-state index contributed by atoms with van der Waals surface area (Å²) in [5, 5.41) is 8.08. The molecule has 2 aliphatic rings. The molecule has 3 heterocycles. The van der Waals surface area contributed by atoms with Gasteiger partial charge >= 0.3 is 0 Å². The van der Waals surface area contributed by atoms with E-state index in [4.69, 9.17) is 5.10 Å². The van der Waals surface area contributed by atoms with E-state index >= 15 is 0 Å². The van der Waals surface area contributed by atoms with E-state index in [9.17, 15) is 4.79 Å². The molecule has 0 radical (unpaired) electrons. The molecule has 1 saturated carbocycles. The number of carbonyl (C=O) groups excluding carboxylic acids is 1. The number of nitrogens with one attached hydrogen (secondary N) is 1. The molecule has 28 heavy (non-hydrogen) atoms. The maximum absolute atomic E-state index is 11.5. The Hall–Kier alpha value is -2.89. The minimum absolute atomic E-state index is 0.404. The van der Waals surface area contributed by atoms with Gasteiger partial charge in [-0.15, -0.1) is 5.10 Å². The quantitative estimate of drug-likeness (QED) is 0.752. The van der Waals surface area contributed by atoms with Crippen LogP contribution in [0.4, 0.5) is 17.3 Å². The number of fused-ring (bicyclic) bond motifs is 2. The lowest BCUT2D eigenvalue weighted by molar-refractivity contribution is -0.121. The molecule has 0 atom stereocenters. The molecule has 6 heteroatoms. The Balaban J connectivity index is 1.38. The van der Waals surface area contributed by atoms with Gasteiger partial charge in [-0.05, 0) is 61.4 Å². The number of likely N-dealkylation sites (N-methyl/N-ethyl adjacent to an activating group) is 1. The van der Waals surface area contributed by atoms with E-state index < -0.39 is 0 Å². The fourth-order valence-electron chi connectivity index (χ4n) is 4.41. The van der Waals surface area contributed by atoms with Crippen LogP contribution in [0.5, 0.6) is 0 Å². The minimum atomic E-state index is 0.404. The number of ketones is 1. The Kier molecular flexibility index (Phi) is 4.26. The van der Waals surface area contributed by atoms with Gasteiger partial charge in [0.1, 0.15) is 5.78 Å². The third-order valence-corrected chi connectivity index (χ3v) is 6.07. The number of rotatable bonds is 4. The highest BCUT2D eigenvalue weighted by atomic mass is 16.1. The number of aromatic nitrogens is 3. The molecule has 5 rings (SSSR count). The second kappa shape index (κ2) is 6.93. The van der Waals surface area contributed by atoms with Gasteiger partial charge in [-0.1, -0.05) is 12.1 Å². The zero-order valence-corrected chi connectivity index (χ0v) is 16.2. The van der Waals surface area contributed by atoms with Crippen molar-refractivity contribution in [3.8, 4) is 0 Å². The van der Waals surface area contributed by atoms with E-state index in [1.54, 1.807) is 0 Å². The summed E-state index contributed by atoms with van der Waals surface area (Å²) in [6, 6.07) is 12.6. The summed E-state index contributed by atoms with van der Waals surface area (Å²) in [5.41, 5.74) is 5.69. The van der Waals surface area contributed by atoms with Crippen molar-refractivity contribution in [3.05, 3.63) is 47.7 Å². The topological polar surface area (TPSA) is 62.5 Å². The number of pyridine rings is 1. The summed E-state index contributed by atoms with van der Waals surface area (Å²) in [5.74, 6) is 1.57. The molecule has 3 aromatic rings. The highest BCUT2D eigenvalue weighted by Crippen LogP contribution is 2.30. The number of benzene rings is 1. The van der Waals surface area contributed by atoms with Gasteiger partial charge in [-0.3, -0.25) is 4.79 Å². The van der Waals surface area contributed by atoms with Gasteiger partial charge in [0.05, 0.1) is 0 Å². The Bertz CT molecular complexity index is 1030. The monoisotopic (exact) mass is 375 g/mol. The molecule has 0 amide bonds. The van der Waals surface area contributed by atoms with Gasteiger partial charge < -0.3 is 10.2 Å². The van der Waals surface area contributed by atoms with Gasteiger partial charge in [-0.25, -0.2) is 4.52 Å². The zero-order valence-electron chi connectivity index (χ0n) is 16.2. The summed E-state index contributed by atoms with van der Waals surface area (Å²) in [7, 11) is 2.13.